The van der Waals surface area contributed by atoms with Crippen LogP contribution in [0.2, 0.25) is 0 Å². The first-order chi connectivity index (χ1) is 15.2. The number of anilines is 1. The summed E-state index contributed by atoms with van der Waals surface area (Å²) in [6.45, 7) is 6.74. The summed E-state index contributed by atoms with van der Waals surface area (Å²) < 4.78 is 10.1. The average Bonchev–Trinajstić information content (AvgIpc) is 3.29. The molecule has 1 saturated heterocycles. The molecule has 0 bridgehead atoms. The Hall–Kier alpha value is -1.93. The van der Waals surface area contributed by atoms with Gasteiger partial charge in [0, 0.05) is 38.7 Å². The number of ether oxygens (including phenoxy) is 1. The van der Waals surface area contributed by atoms with Crippen LogP contribution in [0.3, 0.4) is 0 Å². The van der Waals surface area contributed by atoms with Gasteiger partial charge in [0.25, 0.3) is 0 Å². The predicted molar refractivity (Wildman–Crippen MR) is 121 cm³/mol. The Morgan fingerprint density at radius 3 is 2.39 bits per heavy atom. The minimum atomic E-state index is -0.253. The summed E-state index contributed by atoms with van der Waals surface area (Å²) in [6.07, 6.45) is 12.8. The molecule has 31 heavy (non-hydrogen) atoms. The minimum Gasteiger partial charge on any atom is -0.379 e. The first kappa shape index (κ1) is 25.3. The molecule has 1 aromatic rings. The van der Waals surface area contributed by atoms with Crippen molar-refractivity contribution in [2.24, 2.45) is 0 Å². The normalized spacial score (nSPS) is 14.5. The van der Waals surface area contributed by atoms with Gasteiger partial charge in [-0.1, -0.05) is 63.4 Å². The van der Waals surface area contributed by atoms with Gasteiger partial charge in [0.2, 0.25) is 11.8 Å². The fourth-order valence-corrected chi connectivity index (χ4v) is 3.76. The van der Waals surface area contributed by atoms with Crippen LogP contribution in [0.25, 0.3) is 0 Å². The lowest BCUT2D eigenvalue weighted by molar-refractivity contribution is -0.135. The van der Waals surface area contributed by atoms with E-state index in [4.69, 9.17) is 9.26 Å². The van der Waals surface area contributed by atoms with Gasteiger partial charge in [0.15, 0.2) is 5.82 Å². The van der Waals surface area contributed by atoms with Crippen LogP contribution in [0, 0.1) is 0 Å². The molecule has 0 unspecified atom stereocenters. The van der Waals surface area contributed by atoms with Gasteiger partial charge in [-0.05, 0) is 6.42 Å². The first-order valence-corrected chi connectivity index (χ1v) is 12.0. The fourth-order valence-electron chi connectivity index (χ4n) is 3.76. The van der Waals surface area contributed by atoms with Crippen LogP contribution < -0.4 is 5.32 Å². The lowest BCUT2D eigenvalue weighted by Crippen LogP contribution is -2.45. The van der Waals surface area contributed by atoms with Gasteiger partial charge < -0.3 is 19.5 Å². The number of hydrogen-bond acceptors (Lipinski definition) is 6. The summed E-state index contributed by atoms with van der Waals surface area (Å²) >= 11 is 0. The molecule has 1 aliphatic heterocycles. The van der Waals surface area contributed by atoms with Crippen LogP contribution in [-0.2, 0) is 14.3 Å². The number of nitrogens with zero attached hydrogens (tertiary/aromatic N) is 3. The van der Waals surface area contributed by atoms with Crippen molar-refractivity contribution in [3.05, 3.63) is 12.3 Å². The highest BCUT2D eigenvalue weighted by Crippen LogP contribution is 2.12. The summed E-state index contributed by atoms with van der Waals surface area (Å²) in [5, 5.41) is 6.38. The molecular weight excluding hydrogens is 396 g/mol. The quantitative estimate of drug-likeness (QED) is 0.398. The molecule has 0 radical (unpaired) electrons. The van der Waals surface area contributed by atoms with Gasteiger partial charge in [-0.25, -0.2) is 0 Å². The molecule has 0 aromatic carbocycles. The molecular formula is C23H40N4O4. The molecule has 8 nitrogen and oxygen atoms in total. The number of amides is 2. The number of carbonyl (C=O) groups excluding carboxylic acids is 2. The third-order valence-corrected chi connectivity index (χ3v) is 5.68. The molecule has 1 fully saturated rings. The molecule has 1 aliphatic rings. The average molecular weight is 437 g/mol. The molecule has 1 N–H and O–H groups in total. The zero-order valence-corrected chi connectivity index (χ0v) is 19.2. The van der Waals surface area contributed by atoms with E-state index in [0.717, 1.165) is 45.7 Å². The summed E-state index contributed by atoms with van der Waals surface area (Å²) in [4.78, 5) is 29.2. The Kier molecular flexibility index (Phi) is 12.9. The van der Waals surface area contributed by atoms with Crippen LogP contribution in [0.5, 0.6) is 0 Å². The number of nitrogens with one attached hydrogen (secondary N) is 1. The van der Waals surface area contributed by atoms with Crippen molar-refractivity contribution in [1.29, 1.82) is 0 Å². The van der Waals surface area contributed by atoms with Gasteiger partial charge >= 0.3 is 0 Å². The highest BCUT2D eigenvalue weighted by atomic mass is 16.5. The second kappa shape index (κ2) is 15.8. The van der Waals surface area contributed by atoms with Crippen LogP contribution in [-0.4, -0.2) is 72.7 Å². The summed E-state index contributed by atoms with van der Waals surface area (Å²) in [6, 6.07) is 1.58. The van der Waals surface area contributed by atoms with Crippen molar-refractivity contribution in [2.45, 2.75) is 71.1 Å². The molecule has 0 atom stereocenters. The highest BCUT2D eigenvalue weighted by Gasteiger charge is 2.19. The third-order valence-electron chi connectivity index (χ3n) is 5.68. The van der Waals surface area contributed by atoms with E-state index in [9.17, 15) is 9.59 Å². The van der Waals surface area contributed by atoms with Crippen molar-refractivity contribution in [3.8, 4) is 0 Å². The standard InChI is InChI=1S/C23H40N4O4/c1-2-3-4-5-6-7-8-9-10-11-23(29)27(14-13-26-15-18-30-19-16-26)20-22(28)24-21-12-17-31-25-21/h12,17H,2-11,13-16,18-20H2,1H3,(H,24,25,28). The number of hydrogen-bond donors (Lipinski definition) is 1. The topological polar surface area (TPSA) is 87.9 Å². The van der Waals surface area contributed by atoms with Crippen molar-refractivity contribution < 1.29 is 18.8 Å². The monoisotopic (exact) mass is 436 g/mol. The van der Waals surface area contributed by atoms with Crippen molar-refractivity contribution in [2.75, 3.05) is 51.3 Å². The van der Waals surface area contributed by atoms with Crippen LogP contribution >= 0.6 is 0 Å². The fraction of sp³-hybridized carbons (Fsp3) is 0.783. The number of rotatable bonds is 16. The van der Waals surface area contributed by atoms with Crippen molar-refractivity contribution >= 4 is 17.6 Å². The Morgan fingerprint density at radius 2 is 1.74 bits per heavy atom. The molecule has 0 spiro atoms. The van der Waals surface area contributed by atoms with Gasteiger partial charge in [-0.15, -0.1) is 0 Å². The van der Waals surface area contributed by atoms with E-state index < -0.39 is 0 Å². The molecule has 0 saturated carbocycles. The second-order valence-corrected chi connectivity index (χ2v) is 8.28. The molecule has 2 rings (SSSR count). The van der Waals surface area contributed by atoms with E-state index in [-0.39, 0.29) is 18.4 Å². The maximum Gasteiger partial charge on any atom is 0.245 e. The van der Waals surface area contributed by atoms with Gasteiger partial charge in [-0.2, -0.15) is 0 Å². The lowest BCUT2D eigenvalue weighted by atomic mass is 10.1. The molecule has 0 aliphatic carbocycles. The number of unbranched alkanes of at least 4 members (excludes halogenated alkanes) is 8. The maximum atomic E-state index is 12.8. The molecule has 8 heteroatoms. The highest BCUT2D eigenvalue weighted by molar-refractivity contribution is 5.93. The largest absolute Gasteiger partial charge is 0.379 e. The smallest absolute Gasteiger partial charge is 0.245 e. The van der Waals surface area contributed by atoms with Gasteiger partial charge in [0.05, 0.1) is 19.8 Å². The minimum absolute atomic E-state index is 0.0352. The zero-order chi connectivity index (χ0) is 22.2. The summed E-state index contributed by atoms with van der Waals surface area (Å²) in [5.41, 5.74) is 0. The van der Waals surface area contributed by atoms with Crippen LogP contribution in [0.4, 0.5) is 5.82 Å². The Balaban J connectivity index is 1.70. The number of morpholine rings is 1. The summed E-state index contributed by atoms with van der Waals surface area (Å²) in [5.74, 6) is 0.160. The molecule has 176 valence electrons. The zero-order valence-electron chi connectivity index (χ0n) is 19.2. The van der Waals surface area contributed by atoms with Gasteiger partial charge in [-0.3, -0.25) is 14.5 Å². The van der Waals surface area contributed by atoms with E-state index in [0.29, 0.717) is 18.8 Å². The van der Waals surface area contributed by atoms with E-state index in [1.165, 1.54) is 51.2 Å². The van der Waals surface area contributed by atoms with Crippen molar-refractivity contribution in [3.63, 3.8) is 0 Å². The predicted octanol–water partition coefficient (Wildman–Crippen LogP) is 3.69. The Bertz CT molecular complexity index is 603. The van der Waals surface area contributed by atoms with E-state index in [1.807, 2.05) is 0 Å². The number of aromatic nitrogens is 1. The summed E-state index contributed by atoms with van der Waals surface area (Å²) in [7, 11) is 0. The lowest BCUT2D eigenvalue weighted by Gasteiger charge is -2.30. The maximum absolute atomic E-state index is 12.8. The van der Waals surface area contributed by atoms with E-state index in [2.05, 4.69) is 22.3 Å². The van der Waals surface area contributed by atoms with Crippen molar-refractivity contribution in [1.82, 2.24) is 15.0 Å². The molecule has 2 amide bonds. The molecule has 2 heterocycles. The van der Waals surface area contributed by atoms with Crippen LogP contribution in [0.1, 0.15) is 71.1 Å². The van der Waals surface area contributed by atoms with E-state index in [1.54, 1.807) is 11.0 Å². The second-order valence-electron chi connectivity index (χ2n) is 8.28. The van der Waals surface area contributed by atoms with E-state index >= 15 is 0 Å². The Morgan fingerprint density at radius 1 is 1.06 bits per heavy atom. The molecule has 1 aromatic heterocycles. The van der Waals surface area contributed by atoms with Crippen LogP contribution in [0.15, 0.2) is 16.9 Å². The number of carbonyl (C=O) groups is 2. The third kappa shape index (κ3) is 11.3. The van der Waals surface area contributed by atoms with Gasteiger partial charge in [0.1, 0.15) is 6.26 Å². The SMILES string of the molecule is CCCCCCCCCCCC(=O)N(CCN1CCOCC1)CC(=O)Nc1ccon1. The first-order valence-electron chi connectivity index (χ1n) is 12.0. The Labute approximate surface area is 186 Å².